The summed E-state index contributed by atoms with van der Waals surface area (Å²) in [5, 5.41) is 7.41. The van der Waals surface area contributed by atoms with Gasteiger partial charge in [0.15, 0.2) is 0 Å². The fourth-order valence-corrected chi connectivity index (χ4v) is 1.93. The molecule has 0 radical (unpaired) electrons. The van der Waals surface area contributed by atoms with Crippen LogP contribution < -0.4 is 10.1 Å². The van der Waals surface area contributed by atoms with Crippen molar-refractivity contribution in [1.82, 2.24) is 20.1 Å². The lowest BCUT2D eigenvalue weighted by molar-refractivity contribution is 0.289. The second-order valence-electron chi connectivity index (χ2n) is 4.45. The highest BCUT2D eigenvalue weighted by Gasteiger charge is 2.02. The summed E-state index contributed by atoms with van der Waals surface area (Å²) in [6, 6.07) is 8.12. The number of aryl methyl sites for hydroxylation is 2. The van der Waals surface area contributed by atoms with Crippen LogP contribution in [0.15, 0.2) is 24.3 Å². The number of nitrogens with one attached hydrogen (secondary N) is 1. The molecule has 0 fully saturated rings. The average Bonchev–Trinajstić information content (AvgIpc) is 2.71. The van der Waals surface area contributed by atoms with E-state index >= 15 is 0 Å². The molecule has 5 heteroatoms. The van der Waals surface area contributed by atoms with Crippen LogP contribution in [0.4, 0.5) is 0 Å². The first-order valence-corrected chi connectivity index (χ1v) is 6.43. The Bertz CT molecular complexity index is 519. The van der Waals surface area contributed by atoms with E-state index in [0.29, 0.717) is 13.2 Å². The monoisotopic (exact) mass is 260 g/mol. The zero-order valence-electron chi connectivity index (χ0n) is 11.7. The Morgan fingerprint density at radius 3 is 2.53 bits per heavy atom. The quantitative estimate of drug-likeness (QED) is 0.859. The van der Waals surface area contributed by atoms with Crippen LogP contribution in [0.1, 0.15) is 17.2 Å². The first kappa shape index (κ1) is 13.5. The lowest BCUT2D eigenvalue weighted by atomic mass is 10.2. The van der Waals surface area contributed by atoms with Gasteiger partial charge < -0.3 is 10.1 Å². The van der Waals surface area contributed by atoms with Crippen LogP contribution >= 0.6 is 0 Å². The Labute approximate surface area is 113 Å². The highest BCUT2D eigenvalue weighted by atomic mass is 16.5. The van der Waals surface area contributed by atoms with E-state index in [2.05, 4.69) is 27.5 Å². The Kier molecular flexibility index (Phi) is 4.52. The summed E-state index contributed by atoms with van der Waals surface area (Å²) in [6.07, 6.45) is 0. The first-order chi connectivity index (χ1) is 9.19. The van der Waals surface area contributed by atoms with Crippen molar-refractivity contribution in [2.45, 2.75) is 26.9 Å². The summed E-state index contributed by atoms with van der Waals surface area (Å²) in [4.78, 5) is 4.26. The van der Waals surface area contributed by atoms with E-state index in [9.17, 15) is 0 Å². The number of aromatic nitrogens is 3. The summed E-state index contributed by atoms with van der Waals surface area (Å²) in [7, 11) is 1.94. The Morgan fingerprint density at radius 1 is 1.21 bits per heavy atom. The maximum Gasteiger partial charge on any atom is 0.147 e. The van der Waals surface area contributed by atoms with Crippen LogP contribution in [0.3, 0.4) is 0 Å². The van der Waals surface area contributed by atoms with Crippen molar-refractivity contribution in [2.24, 2.45) is 0 Å². The van der Waals surface area contributed by atoms with E-state index in [1.54, 1.807) is 0 Å². The highest BCUT2D eigenvalue weighted by molar-refractivity contribution is 5.27. The van der Waals surface area contributed by atoms with Gasteiger partial charge in [0.05, 0.1) is 6.54 Å². The van der Waals surface area contributed by atoms with E-state index in [-0.39, 0.29) is 0 Å². The van der Waals surface area contributed by atoms with Crippen LogP contribution in [0.5, 0.6) is 5.75 Å². The molecule has 5 nitrogen and oxygen atoms in total. The highest BCUT2D eigenvalue weighted by Crippen LogP contribution is 2.12. The molecule has 19 heavy (non-hydrogen) atoms. The molecule has 102 valence electrons. The lowest BCUT2D eigenvalue weighted by Crippen LogP contribution is -2.11. The van der Waals surface area contributed by atoms with Gasteiger partial charge in [-0.05, 0) is 38.6 Å². The van der Waals surface area contributed by atoms with Gasteiger partial charge in [0, 0.05) is 6.54 Å². The van der Waals surface area contributed by atoms with Crippen LogP contribution in [-0.2, 0) is 13.1 Å². The zero-order chi connectivity index (χ0) is 13.7. The largest absolute Gasteiger partial charge is 0.492 e. The molecule has 0 amide bonds. The summed E-state index contributed by atoms with van der Waals surface area (Å²) < 4.78 is 7.56. The molecule has 2 rings (SSSR count). The maximum atomic E-state index is 5.70. The van der Waals surface area contributed by atoms with Crippen molar-refractivity contribution in [1.29, 1.82) is 0 Å². The van der Waals surface area contributed by atoms with Crippen LogP contribution in [0.25, 0.3) is 0 Å². The fraction of sp³-hybridized carbons (Fsp3) is 0.429. The number of benzene rings is 1. The summed E-state index contributed by atoms with van der Waals surface area (Å²) >= 11 is 0. The summed E-state index contributed by atoms with van der Waals surface area (Å²) in [6.45, 7) is 6.02. The maximum absolute atomic E-state index is 5.70. The van der Waals surface area contributed by atoms with Crippen molar-refractivity contribution < 1.29 is 4.74 Å². The number of hydrogen-bond acceptors (Lipinski definition) is 4. The van der Waals surface area contributed by atoms with Gasteiger partial charge in [-0.2, -0.15) is 5.10 Å². The summed E-state index contributed by atoms with van der Waals surface area (Å²) in [5.74, 6) is 2.61. The Morgan fingerprint density at radius 2 is 1.95 bits per heavy atom. The summed E-state index contributed by atoms with van der Waals surface area (Å²) in [5.41, 5.74) is 1.25. The van der Waals surface area contributed by atoms with E-state index in [1.807, 2.05) is 37.7 Å². The zero-order valence-corrected chi connectivity index (χ0v) is 11.7. The molecular weight excluding hydrogens is 240 g/mol. The van der Waals surface area contributed by atoms with Gasteiger partial charge in [0.1, 0.15) is 24.0 Å². The molecule has 0 spiro atoms. The van der Waals surface area contributed by atoms with Crippen LogP contribution in [0, 0.1) is 13.8 Å². The van der Waals surface area contributed by atoms with Crippen LogP contribution in [-0.4, -0.2) is 28.4 Å². The minimum atomic E-state index is 0.592. The molecule has 1 N–H and O–H groups in total. The van der Waals surface area contributed by atoms with Gasteiger partial charge >= 0.3 is 0 Å². The molecule has 0 unspecified atom stereocenters. The normalized spacial score (nSPS) is 10.7. The number of rotatable bonds is 6. The standard InChI is InChI=1S/C14H20N4O/c1-11-16-12(2)18(17-11)8-9-19-14-6-4-13(5-7-14)10-15-3/h4-7,15H,8-10H2,1-3H3. The molecule has 0 saturated heterocycles. The molecule has 0 atom stereocenters. The Hall–Kier alpha value is -1.88. The van der Waals surface area contributed by atoms with Gasteiger partial charge in [0.25, 0.3) is 0 Å². The van der Waals surface area contributed by atoms with E-state index in [1.165, 1.54) is 5.56 Å². The predicted octanol–water partition coefficient (Wildman–Crippen LogP) is 1.69. The molecule has 0 aliphatic rings. The molecule has 0 aliphatic carbocycles. The fourth-order valence-electron chi connectivity index (χ4n) is 1.93. The molecule has 1 aromatic carbocycles. The minimum Gasteiger partial charge on any atom is -0.492 e. The Balaban J connectivity index is 1.83. The van der Waals surface area contributed by atoms with E-state index in [0.717, 1.165) is 23.9 Å². The van der Waals surface area contributed by atoms with Crippen LogP contribution in [0.2, 0.25) is 0 Å². The van der Waals surface area contributed by atoms with Crippen molar-refractivity contribution >= 4 is 0 Å². The van der Waals surface area contributed by atoms with E-state index < -0.39 is 0 Å². The number of hydrogen-bond donors (Lipinski definition) is 1. The van der Waals surface area contributed by atoms with E-state index in [4.69, 9.17) is 4.74 Å². The SMILES string of the molecule is CNCc1ccc(OCCn2nc(C)nc2C)cc1. The molecule has 0 saturated carbocycles. The van der Waals surface area contributed by atoms with Gasteiger partial charge in [-0.25, -0.2) is 9.67 Å². The lowest BCUT2D eigenvalue weighted by Gasteiger charge is -2.08. The minimum absolute atomic E-state index is 0.592. The van der Waals surface area contributed by atoms with Gasteiger partial charge in [-0.15, -0.1) is 0 Å². The number of ether oxygens (including phenoxy) is 1. The number of nitrogens with zero attached hydrogens (tertiary/aromatic N) is 3. The molecule has 0 aliphatic heterocycles. The topological polar surface area (TPSA) is 52.0 Å². The molecule has 2 aromatic rings. The van der Waals surface area contributed by atoms with Gasteiger partial charge in [-0.3, -0.25) is 0 Å². The molecule has 0 bridgehead atoms. The second-order valence-corrected chi connectivity index (χ2v) is 4.45. The molecule has 1 heterocycles. The smallest absolute Gasteiger partial charge is 0.147 e. The second kappa shape index (κ2) is 6.33. The van der Waals surface area contributed by atoms with Crippen molar-refractivity contribution in [3.63, 3.8) is 0 Å². The van der Waals surface area contributed by atoms with Gasteiger partial charge in [-0.1, -0.05) is 12.1 Å². The first-order valence-electron chi connectivity index (χ1n) is 6.43. The predicted molar refractivity (Wildman–Crippen MR) is 74.2 cm³/mol. The van der Waals surface area contributed by atoms with Crippen molar-refractivity contribution in [3.8, 4) is 5.75 Å². The van der Waals surface area contributed by atoms with Crippen molar-refractivity contribution in [2.75, 3.05) is 13.7 Å². The third kappa shape index (κ3) is 3.79. The van der Waals surface area contributed by atoms with Gasteiger partial charge in [0.2, 0.25) is 0 Å². The molecular formula is C14H20N4O. The molecule has 1 aromatic heterocycles. The third-order valence-corrected chi connectivity index (χ3v) is 2.84. The third-order valence-electron chi connectivity index (χ3n) is 2.84. The van der Waals surface area contributed by atoms with Crippen molar-refractivity contribution in [3.05, 3.63) is 41.5 Å². The average molecular weight is 260 g/mol.